The number of hydrogen-bond donors (Lipinski definition) is 2. The van der Waals surface area contributed by atoms with Crippen LogP contribution in [0.1, 0.15) is 26.3 Å². The van der Waals surface area contributed by atoms with E-state index in [1.807, 2.05) is 50.0 Å². The van der Waals surface area contributed by atoms with Gasteiger partial charge in [-0.05, 0) is 44.9 Å². The largest absolute Gasteiger partial charge is 0.444 e. The molecule has 1 amide bonds. The Morgan fingerprint density at radius 3 is 2.79 bits per heavy atom. The Balaban J connectivity index is 1.93. The monoisotopic (exact) mass is 330 g/mol. The SMILES string of the molecule is CC(C)(C)OC(=O)NCCn1cc(-c2ccccc2CCN)cn1. The van der Waals surface area contributed by atoms with Gasteiger partial charge >= 0.3 is 6.09 Å². The van der Waals surface area contributed by atoms with Crippen LogP contribution >= 0.6 is 0 Å². The van der Waals surface area contributed by atoms with Crippen LogP contribution in [0.4, 0.5) is 4.79 Å². The van der Waals surface area contributed by atoms with E-state index in [-0.39, 0.29) is 0 Å². The maximum Gasteiger partial charge on any atom is 0.407 e. The van der Waals surface area contributed by atoms with E-state index in [0.29, 0.717) is 19.6 Å². The molecule has 0 saturated heterocycles. The van der Waals surface area contributed by atoms with E-state index >= 15 is 0 Å². The molecule has 0 aliphatic heterocycles. The fourth-order valence-corrected chi connectivity index (χ4v) is 2.39. The molecule has 130 valence electrons. The number of hydrogen-bond acceptors (Lipinski definition) is 4. The standard InChI is InChI=1S/C18H26N4O2/c1-18(2,3)24-17(23)20-10-11-22-13-15(12-21-22)16-7-5-4-6-14(16)8-9-19/h4-7,12-13H,8-11,19H2,1-3H3,(H,20,23). The first-order chi connectivity index (χ1) is 11.4. The summed E-state index contributed by atoms with van der Waals surface area (Å²) >= 11 is 0. The number of nitrogens with one attached hydrogen (secondary N) is 1. The molecule has 24 heavy (non-hydrogen) atoms. The molecule has 0 aliphatic rings. The number of benzene rings is 1. The molecule has 0 saturated carbocycles. The molecule has 6 nitrogen and oxygen atoms in total. The van der Waals surface area contributed by atoms with E-state index in [9.17, 15) is 4.79 Å². The van der Waals surface area contributed by atoms with Gasteiger partial charge < -0.3 is 15.8 Å². The molecular formula is C18H26N4O2. The summed E-state index contributed by atoms with van der Waals surface area (Å²) < 4.78 is 7.01. The molecule has 2 aromatic rings. The Hall–Kier alpha value is -2.34. The lowest BCUT2D eigenvalue weighted by atomic mass is 10.0. The molecule has 6 heteroatoms. The summed E-state index contributed by atoms with van der Waals surface area (Å²) in [5, 5.41) is 7.09. The van der Waals surface area contributed by atoms with Crippen LogP contribution in [0.2, 0.25) is 0 Å². The highest BCUT2D eigenvalue weighted by Gasteiger charge is 2.15. The van der Waals surface area contributed by atoms with Crippen molar-refractivity contribution in [2.24, 2.45) is 5.73 Å². The van der Waals surface area contributed by atoms with Gasteiger partial charge in [-0.1, -0.05) is 24.3 Å². The predicted octanol–water partition coefficient (Wildman–Crippen LogP) is 2.58. The number of carbonyl (C=O) groups is 1. The summed E-state index contributed by atoms with van der Waals surface area (Å²) in [5.41, 5.74) is 8.60. The van der Waals surface area contributed by atoms with Crippen molar-refractivity contribution in [2.45, 2.75) is 39.3 Å². The first-order valence-corrected chi connectivity index (χ1v) is 8.17. The second-order valence-electron chi connectivity index (χ2n) is 6.62. The molecule has 0 atom stereocenters. The van der Waals surface area contributed by atoms with Gasteiger partial charge in [-0.2, -0.15) is 5.10 Å². The normalized spacial score (nSPS) is 11.3. The van der Waals surface area contributed by atoms with Crippen LogP contribution in [0.25, 0.3) is 11.1 Å². The van der Waals surface area contributed by atoms with Gasteiger partial charge in [0.2, 0.25) is 0 Å². The zero-order valence-electron chi connectivity index (χ0n) is 14.6. The quantitative estimate of drug-likeness (QED) is 0.853. The number of alkyl carbamates (subject to hydrolysis) is 1. The Bertz CT molecular complexity index is 674. The average Bonchev–Trinajstić information content (AvgIpc) is 2.95. The van der Waals surface area contributed by atoms with Crippen molar-refractivity contribution in [3.8, 4) is 11.1 Å². The van der Waals surface area contributed by atoms with E-state index in [0.717, 1.165) is 17.5 Å². The van der Waals surface area contributed by atoms with E-state index < -0.39 is 11.7 Å². The fraction of sp³-hybridized carbons (Fsp3) is 0.444. The van der Waals surface area contributed by atoms with E-state index in [1.54, 1.807) is 0 Å². The maximum absolute atomic E-state index is 11.6. The van der Waals surface area contributed by atoms with E-state index in [4.69, 9.17) is 10.5 Å². The lowest BCUT2D eigenvalue weighted by molar-refractivity contribution is 0.0525. The van der Waals surface area contributed by atoms with Gasteiger partial charge in [0.05, 0.1) is 12.7 Å². The topological polar surface area (TPSA) is 82.2 Å². The highest BCUT2D eigenvalue weighted by Crippen LogP contribution is 2.23. The van der Waals surface area contributed by atoms with Crippen molar-refractivity contribution in [1.82, 2.24) is 15.1 Å². The molecule has 1 heterocycles. The second-order valence-corrected chi connectivity index (χ2v) is 6.62. The van der Waals surface area contributed by atoms with Gasteiger partial charge in [-0.15, -0.1) is 0 Å². The van der Waals surface area contributed by atoms with Crippen LogP contribution in [-0.2, 0) is 17.7 Å². The molecule has 0 radical (unpaired) electrons. The van der Waals surface area contributed by atoms with Crippen molar-refractivity contribution in [3.63, 3.8) is 0 Å². The van der Waals surface area contributed by atoms with Gasteiger partial charge in [0.15, 0.2) is 0 Å². The molecule has 0 spiro atoms. The van der Waals surface area contributed by atoms with Crippen molar-refractivity contribution >= 4 is 6.09 Å². The Labute approximate surface area is 143 Å². The molecule has 0 fully saturated rings. The van der Waals surface area contributed by atoms with Crippen LogP contribution in [-0.4, -0.2) is 34.6 Å². The zero-order valence-corrected chi connectivity index (χ0v) is 14.6. The van der Waals surface area contributed by atoms with Crippen LogP contribution < -0.4 is 11.1 Å². The zero-order chi connectivity index (χ0) is 17.6. The number of carbonyl (C=O) groups excluding carboxylic acids is 1. The van der Waals surface area contributed by atoms with Gasteiger partial charge in [-0.25, -0.2) is 4.79 Å². The lowest BCUT2D eigenvalue weighted by Gasteiger charge is -2.19. The molecule has 1 aromatic heterocycles. The minimum absolute atomic E-state index is 0.414. The highest BCUT2D eigenvalue weighted by atomic mass is 16.6. The lowest BCUT2D eigenvalue weighted by Crippen LogP contribution is -2.34. The van der Waals surface area contributed by atoms with Gasteiger partial charge in [0.25, 0.3) is 0 Å². The fourth-order valence-electron chi connectivity index (χ4n) is 2.39. The minimum atomic E-state index is -0.490. The Morgan fingerprint density at radius 1 is 1.33 bits per heavy atom. The number of nitrogens with zero attached hydrogens (tertiary/aromatic N) is 2. The summed E-state index contributed by atoms with van der Waals surface area (Å²) in [4.78, 5) is 11.6. The van der Waals surface area contributed by atoms with Crippen molar-refractivity contribution in [2.75, 3.05) is 13.1 Å². The highest BCUT2D eigenvalue weighted by molar-refractivity contribution is 5.67. The Kier molecular flexibility index (Phi) is 5.98. The van der Waals surface area contributed by atoms with Crippen LogP contribution in [0.5, 0.6) is 0 Å². The number of aromatic nitrogens is 2. The smallest absolute Gasteiger partial charge is 0.407 e. The average molecular weight is 330 g/mol. The first-order valence-electron chi connectivity index (χ1n) is 8.17. The van der Waals surface area contributed by atoms with Gasteiger partial charge in [0, 0.05) is 18.3 Å². The Morgan fingerprint density at radius 2 is 2.08 bits per heavy atom. The predicted molar refractivity (Wildman–Crippen MR) is 94.7 cm³/mol. The van der Waals surface area contributed by atoms with Crippen LogP contribution in [0.15, 0.2) is 36.7 Å². The first kappa shape index (κ1) is 18.0. The van der Waals surface area contributed by atoms with Gasteiger partial charge in [0.1, 0.15) is 5.60 Å². The summed E-state index contributed by atoms with van der Waals surface area (Å²) in [6.07, 6.45) is 4.24. The third-order valence-corrected chi connectivity index (χ3v) is 3.38. The number of amides is 1. The van der Waals surface area contributed by atoms with Crippen molar-refractivity contribution in [3.05, 3.63) is 42.2 Å². The molecule has 3 N–H and O–H groups in total. The molecule has 0 aliphatic carbocycles. The summed E-state index contributed by atoms with van der Waals surface area (Å²) in [6.45, 7) is 7.17. The second kappa shape index (κ2) is 7.97. The molecular weight excluding hydrogens is 304 g/mol. The third kappa shape index (κ3) is 5.38. The van der Waals surface area contributed by atoms with Crippen molar-refractivity contribution < 1.29 is 9.53 Å². The molecule has 0 bridgehead atoms. The third-order valence-electron chi connectivity index (χ3n) is 3.38. The summed E-state index contributed by atoms with van der Waals surface area (Å²) in [5.74, 6) is 0. The molecule has 1 aromatic carbocycles. The van der Waals surface area contributed by atoms with Crippen LogP contribution in [0, 0.1) is 0 Å². The van der Waals surface area contributed by atoms with E-state index in [1.165, 1.54) is 5.56 Å². The number of nitrogens with two attached hydrogens (primary N) is 1. The summed E-state index contributed by atoms with van der Waals surface area (Å²) in [6, 6.07) is 8.19. The molecule has 2 rings (SSSR count). The van der Waals surface area contributed by atoms with E-state index in [2.05, 4.69) is 22.5 Å². The summed E-state index contributed by atoms with van der Waals surface area (Å²) in [7, 11) is 0. The van der Waals surface area contributed by atoms with Crippen LogP contribution in [0.3, 0.4) is 0 Å². The maximum atomic E-state index is 11.6. The molecule has 0 unspecified atom stereocenters. The van der Waals surface area contributed by atoms with Crippen molar-refractivity contribution in [1.29, 1.82) is 0 Å². The number of rotatable bonds is 6. The minimum Gasteiger partial charge on any atom is -0.444 e. The van der Waals surface area contributed by atoms with Gasteiger partial charge in [-0.3, -0.25) is 4.68 Å². The number of ether oxygens (including phenoxy) is 1.